The number of fused-ring (bicyclic) bond motifs is 1. The van der Waals surface area contributed by atoms with Gasteiger partial charge in [-0.25, -0.2) is 4.98 Å². The lowest BCUT2D eigenvalue weighted by atomic mass is 10.1. The lowest BCUT2D eigenvalue weighted by Crippen LogP contribution is -2.31. The standard InChI is InChI=1S/C23H26N4OS/c1-16(13-17-7-5-4-6-8-17)22(28)24-18-9-10-20-21(14-18)29-23(25-20)27-12-11-19(15-27)26(2)3/h4-10,13-14,19H,11-12,15H2,1-3H3,(H,24,28)/b16-13-. The number of carbonyl (C=O) groups excluding carboxylic acids is 1. The predicted octanol–water partition coefficient (Wildman–Crippen LogP) is 4.48. The Morgan fingerprint density at radius 3 is 2.76 bits per heavy atom. The monoisotopic (exact) mass is 406 g/mol. The topological polar surface area (TPSA) is 48.5 Å². The van der Waals surface area contributed by atoms with Gasteiger partial charge in [-0.15, -0.1) is 0 Å². The first-order chi connectivity index (χ1) is 14.0. The summed E-state index contributed by atoms with van der Waals surface area (Å²) in [5, 5.41) is 4.07. The number of thiazole rings is 1. The fraction of sp³-hybridized carbons (Fsp3) is 0.304. The number of nitrogens with zero attached hydrogens (tertiary/aromatic N) is 3. The Kier molecular flexibility index (Phi) is 5.65. The first-order valence-corrected chi connectivity index (χ1v) is 10.7. The summed E-state index contributed by atoms with van der Waals surface area (Å²) in [6, 6.07) is 16.4. The molecule has 0 saturated carbocycles. The van der Waals surface area contributed by atoms with E-state index in [-0.39, 0.29) is 5.91 Å². The quantitative estimate of drug-likeness (QED) is 0.635. The minimum absolute atomic E-state index is 0.0914. The molecule has 1 N–H and O–H groups in total. The summed E-state index contributed by atoms with van der Waals surface area (Å²) in [5.74, 6) is -0.0914. The van der Waals surface area contributed by atoms with E-state index in [0.29, 0.717) is 11.6 Å². The van der Waals surface area contributed by atoms with Crippen LogP contribution in [0.1, 0.15) is 18.9 Å². The van der Waals surface area contributed by atoms with Crippen molar-refractivity contribution in [2.75, 3.05) is 37.4 Å². The van der Waals surface area contributed by atoms with Crippen molar-refractivity contribution in [3.8, 4) is 0 Å². The number of benzene rings is 2. The highest BCUT2D eigenvalue weighted by molar-refractivity contribution is 7.22. The Balaban J connectivity index is 1.48. The van der Waals surface area contributed by atoms with E-state index in [4.69, 9.17) is 4.98 Å². The van der Waals surface area contributed by atoms with Crippen LogP contribution in [-0.4, -0.2) is 49.0 Å². The number of hydrogen-bond acceptors (Lipinski definition) is 5. The third-order valence-electron chi connectivity index (χ3n) is 5.34. The molecule has 4 rings (SSSR count). The Hall–Kier alpha value is -2.70. The van der Waals surface area contributed by atoms with Crippen molar-refractivity contribution in [2.45, 2.75) is 19.4 Å². The molecular formula is C23H26N4OS. The van der Waals surface area contributed by atoms with E-state index in [0.717, 1.165) is 46.1 Å². The normalized spacial score (nSPS) is 17.3. The lowest BCUT2D eigenvalue weighted by Gasteiger charge is -2.19. The Bertz CT molecular complexity index is 1040. The van der Waals surface area contributed by atoms with Crippen molar-refractivity contribution in [3.63, 3.8) is 0 Å². The number of rotatable bonds is 5. The van der Waals surface area contributed by atoms with E-state index in [1.807, 2.05) is 61.5 Å². The van der Waals surface area contributed by atoms with Gasteiger partial charge in [0.2, 0.25) is 0 Å². The van der Waals surface area contributed by atoms with Gasteiger partial charge in [0, 0.05) is 30.4 Å². The average Bonchev–Trinajstić information content (AvgIpc) is 3.35. The molecule has 150 valence electrons. The maximum Gasteiger partial charge on any atom is 0.251 e. The third kappa shape index (κ3) is 4.49. The molecule has 1 unspecified atom stereocenters. The Morgan fingerprint density at radius 1 is 1.24 bits per heavy atom. The summed E-state index contributed by atoms with van der Waals surface area (Å²) in [4.78, 5) is 22.0. The van der Waals surface area contributed by atoms with Crippen LogP contribution < -0.4 is 10.2 Å². The van der Waals surface area contributed by atoms with Gasteiger partial charge >= 0.3 is 0 Å². The lowest BCUT2D eigenvalue weighted by molar-refractivity contribution is -0.112. The van der Waals surface area contributed by atoms with Crippen molar-refractivity contribution in [2.24, 2.45) is 0 Å². The van der Waals surface area contributed by atoms with Gasteiger partial charge in [-0.3, -0.25) is 4.79 Å². The molecule has 0 aliphatic carbocycles. The first-order valence-electron chi connectivity index (χ1n) is 9.86. The van der Waals surface area contributed by atoms with Gasteiger partial charge in [0.15, 0.2) is 5.13 Å². The number of nitrogens with one attached hydrogen (secondary N) is 1. The smallest absolute Gasteiger partial charge is 0.251 e. The van der Waals surface area contributed by atoms with Gasteiger partial charge in [-0.1, -0.05) is 41.7 Å². The molecule has 1 aromatic heterocycles. The zero-order valence-corrected chi connectivity index (χ0v) is 17.9. The molecule has 0 spiro atoms. The molecule has 1 fully saturated rings. The molecule has 0 radical (unpaired) electrons. The van der Waals surface area contributed by atoms with Crippen molar-refractivity contribution in [1.29, 1.82) is 0 Å². The number of hydrogen-bond donors (Lipinski definition) is 1. The molecule has 1 aliphatic rings. The second kappa shape index (κ2) is 8.35. The van der Waals surface area contributed by atoms with Gasteiger partial charge < -0.3 is 15.1 Å². The number of aromatic nitrogens is 1. The van der Waals surface area contributed by atoms with Gasteiger partial charge in [0.25, 0.3) is 5.91 Å². The number of amides is 1. The van der Waals surface area contributed by atoms with Crippen LogP contribution in [0.15, 0.2) is 54.1 Å². The maximum atomic E-state index is 12.6. The fourth-order valence-electron chi connectivity index (χ4n) is 3.56. The van der Waals surface area contributed by atoms with Crippen LogP contribution in [0.3, 0.4) is 0 Å². The van der Waals surface area contributed by atoms with Crippen LogP contribution in [0.5, 0.6) is 0 Å². The molecule has 1 aliphatic heterocycles. The Morgan fingerprint density at radius 2 is 2.03 bits per heavy atom. The molecule has 5 nitrogen and oxygen atoms in total. The SMILES string of the molecule is C/C(=C/c1ccccc1)C(=O)Nc1ccc2nc(N3CCC(N(C)C)C3)sc2c1. The molecule has 1 amide bonds. The predicted molar refractivity (Wildman–Crippen MR) is 123 cm³/mol. The third-order valence-corrected chi connectivity index (χ3v) is 6.42. The van der Waals surface area contributed by atoms with Gasteiger partial charge in [0.1, 0.15) is 0 Å². The molecule has 2 heterocycles. The summed E-state index contributed by atoms with van der Waals surface area (Å²) < 4.78 is 1.09. The fourth-order valence-corrected chi connectivity index (χ4v) is 4.60. The van der Waals surface area contributed by atoms with Crippen LogP contribution in [0.25, 0.3) is 16.3 Å². The van der Waals surface area contributed by atoms with Gasteiger partial charge in [0.05, 0.1) is 10.2 Å². The van der Waals surface area contributed by atoms with Crippen molar-refractivity contribution in [3.05, 3.63) is 59.7 Å². The maximum absolute atomic E-state index is 12.6. The van der Waals surface area contributed by atoms with Crippen LogP contribution in [-0.2, 0) is 4.79 Å². The molecule has 3 aromatic rings. The molecule has 1 atom stereocenters. The van der Waals surface area contributed by atoms with Gasteiger partial charge in [-0.05, 0) is 57.3 Å². The minimum atomic E-state index is -0.0914. The summed E-state index contributed by atoms with van der Waals surface area (Å²) >= 11 is 1.69. The zero-order chi connectivity index (χ0) is 20.4. The molecule has 6 heteroatoms. The van der Waals surface area contributed by atoms with Crippen molar-refractivity contribution < 1.29 is 4.79 Å². The summed E-state index contributed by atoms with van der Waals surface area (Å²) in [6.45, 7) is 3.88. The zero-order valence-electron chi connectivity index (χ0n) is 17.1. The Labute approximate surface area is 175 Å². The van der Waals surface area contributed by atoms with E-state index in [2.05, 4.69) is 29.2 Å². The number of likely N-dealkylation sites (N-methyl/N-ethyl adjacent to an activating group) is 1. The van der Waals surface area contributed by atoms with Crippen LogP contribution in [0.2, 0.25) is 0 Å². The van der Waals surface area contributed by atoms with Crippen LogP contribution in [0, 0.1) is 0 Å². The van der Waals surface area contributed by atoms with Gasteiger partial charge in [-0.2, -0.15) is 0 Å². The largest absolute Gasteiger partial charge is 0.346 e. The molecular weight excluding hydrogens is 380 g/mol. The number of carbonyl (C=O) groups is 1. The molecule has 2 aromatic carbocycles. The molecule has 29 heavy (non-hydrogen) atoms. The van der Waals surface area contributed by atoms with Crippen molar-refractivity contribution in [1.82, 2.24) is 9.88 Å². The van der Waals surface area contributed by atoms with Crippen LogP contribution >= 0.6 is 11.3 Å². The van der Waals surface area contributed by atoms with E-state index in [1.165, 1.54) is 0 Å². The highest BCUT2D eigenvalue weighted by Gasteiger charge is 2.26. The molecule has 0 bridgehead atoms. The minimum Gasteiger partial charge on any atom is -0.346 e. The van der Waals surface area contributed by atoms with E-state index >= 15 is 0 Å². The molecule has 1 saturated heterocycles. The second-order valence-corrected chi connectivity index (χ2v) is 8.73. The summed E-state index contributed by atoms with van der Waals surface area (Å²) in [7, 11) is 4.27. The van der Waals surface area contributed by atoms with Crippen LogP contribution in [0.4, 0.5) is 10.8 Å². The van der Waals surface area contributed by atoms with E-state index in [1.54, 1.807) is 11.3 Å². The first kappa shape index (κ1) is 19.6. The van der Waals surface area contributed by atoms with Crippen molar-refractivity contribution >= 4 is 44.4 Å². The average molecular weight is 407 g/mol. The highest BCUT2D eigenvalue weighted by atomic mass is 32.1. The summed E-state index contributed by atoms with van der Waals surface area (Å²) in [5.41, 5.74) is 3.47. The highest BCUT2D eigenvalue weighted by Crippen LogP contribution is 2.33. The number of anilines is 2. The summed E-state index contributed by atoms with van der Waals surface area (Å²) in [6.07, 6.45) is 3.06. The van der Waals surface area contributed by atoms with E-state index in [9.17, 15) is 4.79 Å². The van der Waals surface area contributed by atoms with E-state index < -0.39 is 0 Å². The second-order valence-electron chi connectivity index (χ2n) is 7.72.